The van der Waals surface area contributed by atoms with E-state index in [0.717, 1.165) is 11.1 Å². The van der Waals surface area contributed by atoms with Crippen LogP contribution in [0.2, 0.25) is 0 Å². The second kappa shape index (κ2) is 7.78. The molecule has 5 nitrogen and oxygen atoms in total. The van der Waals surface area contributed by atoms with Crippen LogP contribution in [0, 0.1) is 19.8 Å². The molecule has 1 aromatic rings. The molecule has 0 aliphatic rings. The van der Waals surface area contributed by atoms with E-state index >= 15 is 0 Å². The Morgan fingerprint density at radius 1 is 1.05 bits per heavy atom. The molecule has 0 spiro atoms. The molecule has 0 bridgehead atoms. The molecule has 0 aliphatic carbocycles. The van der Waals surface area contributed by atoms with Gasteiger partial charge in [-0.2, -0.15) is 0 Å². The van der Waals surface area contributed by atoms with Gasteiger partial charge >= 0.3 is 11.9 Å². The minimum absolute atomic E-state index is 0.133. The number of esters is 2. The topological polar surface area (TPSA) is 72.8 Å². The summed E-state index contributed by atoms with van der Waals surface area (Å²) in [5, 5.41) is 10.4. The quantitative estimate of drug-likeness (QED) is 0.642. The van der Waals surface area contributed by atoms with Gasteiger partial charge in [0.05, 0.1) is 13.2 Å². The van der Waals surface area contributed by atoms with E-state index in [1.165, 1.54) is 0 Å². The number of hydrogen-bond donors (Lipinski definition) is 1. The molecule has 5 heteroatoms. The summed E-state index contributed by atoms with van der Waals surface area (Å²) >= 11 is 0. The fraction of sp³-hybridized carbons (Fsp3) is 0.500. The summed E-state index contributed by atoms with van der Waals surface area (Å²) in [6.45, 7) is 7.39. The molecule has 1 atom stereocenters. The lowest BCUT2D eigenvalue weighted by atomic mass is 9.93. The lowest BCUT2D eigenvalue weighted by Gasteiger charge is -2.20. The molecule has 116 valence electrons. The predicted molar refractivity (Wildman–Crippen MR) is 77.6 cm³/mol. The van der Waals surface area contributed by atoms with Crippen LogP contribution in [0.25, 0.3) is 0 Å². The number of benzene rings is 1. The summed E-state index contributed by atoms with van der Waals surface area (Å²) in [7, 11) is 0. The Kier molecular flexibility index (Phi) is 6.37. The average Bonchev–Trinajstić information content (AvgIpc) is 2.42. The summed E-state index contributed by atoms with van der Waals surface area (Å²) < 4.78 is 9.74. The van der Waals surface area contributed by atoms with Crippen molar-refractivity contribution in [2.75, 3.05) is 13.2 Å². The zero-order valence-corrected chi connectivity index (χ0v) is 12.9. The minimum Gasteiger partial charge on any atom is -0.465 e. The Bertz CT molecular complexity index is 491. The molecule has 21 heavy (non-hydrogen) atoms. The second-order valence-corrected chi connectivity index (χ2v) is 4.77. The molecule has 0 fully saturated rings. The van der Waals surface area contributed by atoms with E-state index in [4.69, 9.17) is 9.47 Å². The van der Waals surface area contributed by atoms with Crippen LogP contribution in [-0.2, 0) is 19.1 Å². The van der Waals surface area contributed by atoms with Crippen molar-refractivity contribution in [3.63, 3.8) is 0 Å². The zero-order chi connectivity index (χ0) is 16.0. The van der Waals surface area contributed by atoms with E-state index in [-0.39, 0.29) is 13.2 Å². The number of carbonyl (C=O) groups excluding carboxylic acids is 2. The highest BCUT2D eigenvalue weighted by Gasteiger charge is 2.37. The molecule has 1 unspecified atom stereocenters. The standard InChI is InChI=1S/C16H22O5/c1-5-20-15(18)13(16(19)21-6-2)14(17)12-8-7-10(3)11(4)9-12/h7-9,13-14,17H,5-6H2,1-4H3. The number of rotatable bonds is 6. The van der Waals surface area contributed by atoms with E-state index in [9.17, 15) is 14.7 Å². The molecule has 0 saturated heterocycles. The number of hydrogen-bond acceptors (Lipinski definition) is 5. The maximum atomic E-state index is 11.9. The maximum Gasteiger partial charge on any atom is 0.323 e. The first-order valence-corrected chi connectivity index (χ1v) is 7.00. The van der Waals surface area contributed by atoms with Crippen LogP contribution >= 0.6 is 0 Å². The van der Waals surface area contributed by atoms with Crippen molar-refractivity contribution in [3.8, 4) is 0 Å². The Labute approximate surface area is 124 Å². The SMILES string of the molecule is CCOC(=O)C(C(=O)OCC)C(O)c1ccc(C)c(C)c1. The third-order valence-corrected chi connectivity index (χ3v) is 3.27. The van der Waals surface area contributed by atoms with Crippen molar-refractivity contribution in [2.45, 2.75) is 33.8 Å². The summed E-state index contributed by atoms with van der Waals surface area (Å²) in [5.74, 6) is -2.92. The van der Waals surface area contributed by atoms with Gasteiger partial charge in [-0.1, -0.05) is 18.2 Å². The van der Waals surface area contributed by atoms with Gasteiger partial charge in [-0.3, -0.25) is 9.59 Å². The summed E-state index contributed by atoms with van der Waals surface area (Å²) in [4.78, 5) is 23.9. The maximum absolute atomic E-state index is 11.9. The molecule has 0 aliphatic heterocycles. The van der Waals surface area contributed by atoms with Gasteiger partial charge in [0.1, 0.15) is 6.10 Å². The zero-order valence-electron chi connectivity index (χ0n) is 12.9. The van der Waals surface area contributed by atoms with Crippen LogP contribution in [0.3, 0.4) is 0 Å². The van der Waals surface area contributed by atoms with Gasteiger partial charge < -0.3 is 14.6 Å². The number of aliphatic hydroxyl groups is 1. The Balaban J connectivity index is 3.08. The first kappa shape index (κ1) is 17.2. The average molecular weight is 294 g/mol. The lowest BCUT2D eigenvalue weighted by molar-refractivity contribution is -0.167. The van der Waals surface area contributed by atoms with Crippen LogP contribution < -0.4 is 0 Å². The number of carbonyl (C=O) groups is 2. The highest BCUT2D eigenvalue weighted by Crippen LogP contribution is 2.26. The molecule has 0 saturated carbocycles. The first-order valence-electron chi connectivity index (χ1n) is 7.00. The highest BCUT2D eigenvalue weighted by atomic mass is 16.6. The van der Waals surface area contributed by atoms with Crippen LogP contribution in [0.15, 0.2) is 18.2 Å². The summed E-state index contributed by atoms with van der Waals surface area (Å²) in [5.41, 5.74) is 2.52. The van der Waals surface area contributed by atoms with Crippen molar-refractivity contribution in [3.05, 3.63) is 34.9 Å². The summed E-state index contributed by atoms with van der Waals surface area (Å²) in [6.07, 6.45) is -1.29. The van der Waals surface area contributed by atoms with Crippen molar-refractivity contribution in [2.24, 2.45) is 5.92 Å². The molecule has 0 heterocycles. The van der Waals surface area contributed by atoms with E-state index in [1.807, 2.05) is 19.9 Å². The molecule has 0 radical (unpaired) electrons. The van der Waals surface area contributed by atoms with Crippen molar-refractivity contribution in [1.82, 2.24) is 0 Å². The second-order valence-electron chi connectivity index (χ2n) is 4.77. The van der Waals surface area contributed by atoms with Crippen molar-refractivity contribution in [1.29, 1.82) is 0 Å². The smallest absolute Gasteiger partial charge is 0.323 e. The van der Waals surface area contributed by atoms with Crippen LogP contribution in [-0.4, -0.2) is 30.3 Å². The highest BCUT2D eigenvalue weighted by molar-refractivity contribution is 5.95. The van der Waals surface area contributed by atoms with Gasteiger partial charge in [-0.25, -0.2) is 0 Å². The first-order chi connectivity index (χ1) is 9.92. The molecule has 1 aromatic carbocycles. The predicted octanol–water partition coefficient (Wildman–Crippen LogP) is 2.08. The minimum atomic E-state index is -1.37. The number of aryl methyl sites for hydroxylation is 2. The van der Waals surface area contributed by atoms with Crippen molar-refractivity contribution >= 4 is 11.9 Å². The van der Waals surface area contributed by atoms with Gasteiger partial charge in [0.15, 0.2) is 5.92 Å². The Hall–Kier alpha value is -1.88. The lowest BCUT2D eigenvalue weighted by Crippen LogP contribution is -2.33. The van der Waals surface area contributed by atoms with Gasteiger partial charge in [0.25, 0.3) is 0 Å². The molecule has 1 rings (SSSR count). The monoisotopic (exact) mass is 294 g/mol. The Morgan fingerprint density at radius 3 is 2.00 bits per heavy atom. The van der Waals surface area contributed by atoms with E-state index in [1.54, 1.807) is 26.0 Å². The van der Waals surface area contributed by atoms with Crippen LogP contribution in [0.1, 0.15) is 36.6 Å². The molecular formula is C16H22O5. The number of aliphatic hydroxyl groups excluding tert-OH is 1. The normalized spacial score (nSPS) is 12.1. The van der Waals surface area contributed by atoms with Crippen LogP contribution in [0.4, 0.5) is 0 Å². The van der Waals surface area contributed by atoms with E-state index in [2.05, 4.69) is 0 Å². The molecular weight excluding hydrogens is 272 g/mol. The van der Waals surface area contributed by atoms with Crippen LogP contribution in [0.5, 0.6) is 0 Å². The van der Waals surface area contributed by atoms with Gasteiger partial charge in [-0.05, 0) is 44.4 Å². The third kappa shape index (κ3) is 4.29. The van der Waals surface area contributed by atoms with Crippen molar-refractivity contribution < 1.29 is 24.2 Å². The fourth-order valence-corrected chi connectivity index (χ4v) is 1.96. The molecule has 0 aromatic heterocycles. The van der Waals surface area contributed by atoms with Gasteiger partial charge in [0, 0.05) is 0 Å². The summed E-state index contributed by atoms with van der Waals surface area (Å²) in [6, 6.07) is 5.28. The molecule has 0 amide bonds. The van der Waals surface area contributed by atoms with Gasteiger partial charge in [0.2, 0.25) is 0 Å². The Morgan fingerprint density at radius 2 is 1.57 bits per heavy atom. The largest absolute Gasteiger partial charge is 0.465 e. The fourth-order valence-electron chi connectivity index (χ4n) is 1.96. The third-order valence-electron chi connectivity index (χ3n) is 3.27. The van der Waals surface area contributed by atoms with Gasteiger partial charge in [-0.15, -0.1) is 0 Å². The number of ether oxygens (including phenoxy) is 2. The van der Waals surface area contributed by atoms with E-state index in [0.29, 0.717) is 5.56 Å². The molecule has 1 N–H and O–H groups in total. The van der Waals surface area contributed by atoms with E-state index < -0.39 is 24.0 Å².